The molecule has 4 aromatic carbocycles. The second-order valence-electron chi connectivity index (χ2n) is 9.88. The van der Waals surface area contributed by atoms with Crippen molar-refractivity contribution < 1.29 is 18.7 Å². The van der Waals surface area contributed by atoms with E-state index in [2.05, 4.69) is 0 Å². The van der Waals surface area contributed by atoms with Crippen LogP contribution in [0.5, 0.6) is 5.75 Å². The van der Waals surface area contributed by atoms with Crippen LogP contribution >= 0.6 is 11.6 Å². The highest BCUT2D eigenvalue weighted by Gasteiger charge is 2.28. The normalized spacial score (nSPS) is 12.6. The SMILES string of the molecule is Cc1ccc(-c2cc(-c3ccc(F)cc3)cc(-c3ccc4c(c3)N(CC(=O)c3ccc(Cl)cc3)C(=O)CO4)n2)cc1. The number of hydrogen-bond donors (Lipinski definition) is 0. The van der Waals surface area contributed by atoms with E-state index in [-0.39, 0.29) is 30.7 Å². The smallest absolute Gasteiger partial charge is 0.265 e. The average Bonchev–Trinajstić information content (AvgIpc) is 2.99. The van der Waals surface area contributed by atoms with Gasteiger partial charge in [-0.15, -0.1) is 0 Å². The molecule has 1 aliphatic heterocycles. The first-order valence-corrected chi connectivity index (χ1v) is 13.4. The fourth-order valence-corrected chi connectivity index (χ4v) is 4.89. The lowest BCUT2D eigenvalue weighted by Crippen LogP contribution is -2.42. The van der Waals surface area contributed by atoms with Crippen molar-refractivity contribution in [2.24, 2.45) is 0 Å². The second-order valence-corrected chi connectivity index (χ2v) is 10.3. The van der Waals surface area contributed by atoms with E-state index < -0.39 is 0 Å². The van der Waals surface area contributed by atoms with E-state index in [4.69, 9.17) is 21.3 Å². The van der Waals surface area contributed by atoms with Gasteiger partial charge in [-0.3, -0.25) is 14.5 Å². The average molecular weight is 563 g/mol. The Morgan fingerprint density at radius 2 is 1.46 bits per heavy atom. The highest BCUT2D eigenvalue weighted by atomic mass is 35.5. The van der Waals surface area contributed by atoms with Gasteiger partial charge >= 0.3 is 0 Å². The van der Waals surface area contributed by atoms with Gasteiger partial charge < -0.3 is 4.74 Å². The quantitative estimate of drug-likeness (QED) is 0.198. The molecule has 1 aliphatic rings. The van der Waals surface area contributed by atoms with Gasteiger partial charge in [0.2, 0.25) is 0 Å². The van der Waals surface area contributed by atoms with Crippen LogP contribution in [0.2, 0.25) is 5.02 Å². The zero-order valence-corrected chi connectivity index (χ0v) is 22.9. The van der Waals surface area contributed by atoms with E-state index in [0.717, 1.165) is 33.5 Å². The molecule has 0 N–H and O–H groups in total. The maximum absolute atomic E-state index is 13.7. The predicted octanol–water partition coefficient (Wildman–Crippen LogP) is 7.79. The summed E-state index contributed by atoms with van der Waals surface area (Å²) in [4.78, 5) is 32.4. The third kappa shape index (κ3) is 5.60. The molecule has 0 saturated carbocycles. The van der Waals surface area contributed by atoms with Crippen LogP contribution in [0.25, 0.3) is 33.6 Å². The molecule has 202 valence electrons. The van der Waals surface area contributed by atoms with E-state index in [0.29, 0.717) is 27.7 Å². The number of aryl methyl sites for hydroxylation is 1. The molecule has 6 rings (SSSR count). The van der Waals surface area contributed by atoms with Crippen LogP contribution in [0.1, 0.15) is 15.9 Å². The number of Topliss-reactive ketones (excluding diaryl/α,β-unsaturated/α-hetero) is 1. The Bertz CT molecular complexity index is 1700. The summed E-state index contributed by atoms with van der Waals surface area (Å²) in [6.45, 7) is 1.73. The number of pyridine rings is 1. The molecule has 0 unspecified atom stereocenters. The Hall–Kier alpha value is -4.81. The lowest BCUT2D eigenvalue weighted by atomic mass is 9.99. The lowest BCUT2D eigenvalue weighted by molar-refractivity contribution is -0.121. The number of ether oxygens (including phenoxy) is 1. The number of fused-ring (bicyclic) bond motifs is 1. The molecule has 5 aromatic rings. The summed E-state index contributed by atoms with van der Waals surface area (Å²) < 4.78 is 19.4. The molecule has 5 nitrogen and oxygen atoms in total. The fraction of sp³-hybridized carbons (Fsp3) is 0.0882. The summed E-state index contributed by atoms with van der Waals surface area (Å²) in [5.74, 6) is -0.336. The van der Waals surface area contributed by atoms with Crippen molar-refractivity contribution >= 4 is 29.0 Å². The molecule has 0 saturated heterocycles. The Labute approximate surface area is 241 Å². The highest BCUT2D eigenvalue weighted by Crippen LogP contribution is 2.38. The number of aromatic nitrogens is 1. The van der Waals surface area contributed by atoms with Gasteiger partial charge in [-0.05, 0) is 84.8 Å². The summed E-state index contributed by atoms with van der Waals surface area (Å²) in [6, 6.07) is 30.4. The first-order chi connectivity index (χ1) is 19.8. The van der Waals surface area contributed by atoms with Crippen molar-refractivity contribution in [2.45, 2.75) is 6.92 Å². The number of nitrogens with zero attached hydrogens (tertiary/aromatic N) is 2. The van der Waals surface area contributed by atoms with Gasteiger partial charge in [0.15, 0.2) is 12.4 Å². The monoisotopic (exact) mass is 562 g/mol. The summed E-state index contributed by atoms with van der Waals surface area (Å²) in [5, 5.41) is 0.527. The van der Waals surface area contributed by atoms with Gasteiger partial charge in [0.05, 0.1) is 23.6 Å². The van der Waals surface area contributed by atoms with E-state index in [1.165, 1.54) is 17.0 Å². The van der Waals surface area contributed by atoms with Crippen molar-refractivity contribution in [3.63, 3.8) is 0 Å². The van der Waals surface area contributed by atoms with E-state index in [1.54, 1.807) is 42.5 Å². The van der Waals surface area contributed by atoms with Crippen molar-refractivity contribution in [1.29, 1.82) is 0 Å². The molecule has 7 heteroatoms. The molecule has 1 amide bonds. The first-order valence-electron chi connectivity index (χ1n) is 13.1. The maximum atomic E-state index is 13.7. The van der Waals surface area contributed by atoms with E-state index in [1.807, 2.05) is 55.5 Å². The van der Waals surface area contributed by atoms with Crippen molar-refractivity contribution in [3.05, 3.63) is 125 Å². The summed E-state index contributed by atoms with van der Waals surface area (Å²) in [5.41, 5.74) is 6.89. The highest BCUT2D eigenvalue weighted by molar-refractivity contribution is 6.30. The standard InChI is InChI=1S/C34H24ClFN2O3/c1-21-2-4-23(5-3-21)29-16-26(22-8-13-28(36)14-9-22)17-30(37-29)25-10-15-33-31(18-25)38(34(40)20-41-33)19-32(39)24-6-11-27(35)12-7-24/h2-18H,19-20H2,1H3. The van der Waals surface area contributed by atoms with Gasteiger partial charge in [0.25, 0.3) is 5.91 Å². The molecule has 2 heterocycles. The van der Waals surface area contributed by atoms with Crippen molar-refractivity contribution in [1.82, 2.24) is 4.98 Å². The Kier molecular flexibility index (Phi) is 7.08. The van der Waals surface area contributed by atoms with Crippen LogP contribution in [-0.2, 0) is 4.79 Å². The number of hydrogen-bond acceptors (Lipinski definition) is 4. The Morgan fingerprint density at radius 1 is 0.829 bits per heavy atom. The van der Waals surface area contributed by atoms with Crippen molar-refractivity contribution in [2.75, 3.05) is 18.1 Å². The van der Waals surface area contributed by atoms with Gasteiger partial charge in [0.1, 0.15) is 11.6 Å². The number of carbonyl (C=O) groups is 2. The topological polar surface area (TPSA) is 59.5 Å². The molecular weight excluding hydrogens is 539 g/mol. The van der Waals surface area contributed by atoms with Crippen LogP contribution in [0.15, 0.2) is 103 Å². The van der Waals surface area contributed by atoms with Gasteiger partial charge in [0, 0.05) is 21.7 Å². The van der Waals surface area contributed by atoms with E-state index in [9.17, 15) is 14.0 Å². The number of amides is 1. The summed E-state index contributed by atoms with van der Waals surface area (Å²) >= 11 is 5.97. The van der Waals surface area contributed by atoms with Crippen molar-refractivity contribution in [3.8, 4) is 39.4 Å². The maximum Gasteiger partial charge on any atom is 0.265 e. The third-order valence-electron chi connectivity index (χ3n) is 7.02. The molecule has 0 bridgehead atoms. The van der Waals surface area contributed by atoms with Gasteiger partial charge in [-0.25, -0.2) is 9.37 Å². The zero-order valence-electron chi connectivity index (χ0n) is 22.1. The zero-order chi connectivity index (χ0) is 28.5. The second kappa shape index (κ2) is 11.0. The molecular formula is C34H24ClFN2O3. The molecule has 0 fully saturated rings. The van der Waals surface area contributed by atoms with E-state index >= 15 is 0 Å². The lowest BCUT2D eigenvalue weighted by Gasteiger charge is -2.29. The number of benzene rings is 4. The Morgan fingerprint density at radius 3 is 2.17 bits per heavy atom. The van der Waals surface area contributed by atoms with Gasteiger partial charge in [-0.1, -0.05) is 53.6 Å². The molecule has 0 radical (unpaired) electrons. The van der Waals surface area contributed by atoms with Crippen LogP contribution in [0, 0.1) is 12.7 Å². The summed E-state index contributed by atoms with van der Waals surface area (Å²) in [6.07, 6.45) is 0. The minimum Gasteiger partial charge on any atom is -0.482 e. The number of halogens is 2. The number of ketones is 1. The largest absolute Gasteiger partial charge is 0.482 e. The Balaban J connectivity index is 1.42. The van der Waals surface area contributed by atoms with Crippen LogP contribution in [0.3, 0.4) is 0 Å². The van der Waals surface area contributed by atoms with Crippen LogP contribution in [0.4, 0.5) is 10.1 Å². The molecule has 0 atom stereocenters. The molecule has 41 heavy (non-hydrogen) atoms. The molecule has 1 aromatic heterocycles. The van der Waals surface area contributed by atoms with Crippen LogP contribution in [-0.4, -0.2) is 29.8 Å². The predicted molar refractivity (Wildman–Crippen MR) is 159 cm³/mol. The minimum atomic E-state index is -0.315. The third-order valence-corrected chi connectivity index (χ3v) is 7.27. The number of rotatable bonds is 6. The summed E-state index contributed by atoms with van der Waals surface area (Å²) in [7, 11) is 0. The van der Waals surface area contributed by atoms with Crippen LogP contribution < -0.4 is 9.64 Å². The molecule has 0 aliphatic carbocycles. The van der Waals surface area contributed by atoms with Gasteiger partial charge in [-0.2, -0.15) is 0 Å². The molecule has 0 spiro atoms. The number of carbonyl (C=O) groups excluding carboxylic acids is 2. The number of anilines is 1. The fourth-order valence-electron chi connectivity index (χ4n) is 4.77. The minimum absolute atomic E-state index is 0.141. The first kappa shape index (κ1) is 26.4.